The molecule has 0 radical (unpaired) electrons. The molecule has 0 bridgehead atoms. The van der Waals surface area contributed by atoms with E-state index in [2.05, 4.69) is 31.2 Å². The summed E-state index contributed by atoms with van der Waals surface area (Å²) in [6.07, 6.45) is -0.211. The van der Waals surface area contributed by atoms with Gasteiger partial charge in [-0.3, -0.25) is 33.8 Å². The zero-order valence-corrected chi connectivity index (χ0v) is 27.7. The van der Waals surface area contributed by atoms with Crippen molar-refractivity contribution in [3.05, 3.63) is 36.0 Å². The number of H-pyrrole nitrogens is 1. The van der Waals surface area contributed by atoms with Gasteiger partial charge >= 0.3 is 17.9 Å². The van der Waals surface area contributed by atoms with Crippen molar-refractivity contribution in [1.29, 1.82) is 0 Å². The minimum Gasteiger partial charge on any atom is -0.481 e. The van der Waals surface area contributed by atoms with E-state index in [-0.39, 0.29) is 44.1 Å². The number of aliphatic carboxylic acids is 3. The van der Waals surface area contributed by atoms with E-state index in [0.29, 0.717) is 16.5 Å². The van der Waals surface area contributed by atoms with Crippen LogP contribution in [0.1, 0.15) is 51.5 Å². The molecule has 0 saturated carbocycles. The number of amides is 4. The van der Waals surface area contributed by atoms with Crippen molar-refractivity contribution >= 4 is 58.4 Å². The molecule has 274 valence electrons. The van der Waals surface area contributed by atoms with E-state index in [0.717, 1.165) is 0 Å². The third kappa shape index (κ3) is 13.4. The molecule has 0 unspecified atom stereocenters. The number of guanidine groups is 1. The van der Waals surface area contributed by atoms with Crippen LogP contribution in [0.4, 0.5) is 0 Å². The van der Waals surface area contributed by atoms with Crippen LogP contribution in [-0.4, -0.2) is 105 Å². The minimum absolute atomic E-state index is 0.00369. The van der Waals surface area contributed by atoms with Crippen molar-refractivity contribution in [2.75, 3.05) is 6.54 Å². The Bertz CT molecular complexity index is 1570. The molecule has 1 aromatic heterocycles. The Labute approximate surface area is 286 Å². The van der Waals surface area contributed by atoms with Crippen molar-refractivity contribution in [2.24, 2.45) is 28.1 Å². The van der Waals surface area contributed by atoms with Gasteiger partial charge in [-0.2, -0.15) is 0 Å². The molecule has 0 spiro atoms. The maximum Gasteiger partial charge on any atom is 0.326 e. The molecule has 0 aliphatic carbocycles. The van der Waals surface area contributed by atoms with Crippen LogP contribution in [0.25, 0.3) is 10.9 Å². The molecule has 2 rings (SSSR count). The van der Waals surface area contributed by atoms with E-state index in [9.17, 15) is 48.9 Å². The monoisotopic (exact) mass is 703 g/mol. The second-order valence-corrected chi connectivity index (χ2v) is 12.0. The second-order valence-electron chi connectivity index (χ2n) is 12.0. The molecule has 0 saturated heterocycles. The lowest BCUT2D eigenvalue weighted by Crippen LogP contribution is -2.59. The number of nitrogens with zero attached hydrogens (tertiary/aromatic N) is 1. The average molecular weight is 704 g/mol. The highest BCUT2D eigenvalue weighted by molar-refractivity contribution is 5.98. The predicted octanol–water partition coefficient (Wildman–Crippen LogP) is -1.89. The van der Waals surface area contributed by atoms with Gasteiger partial charge in [0.05, 0.1) is 18.9 Å². The smallest absolute Gasteiger partial charge is 0.326 e. The topological polar surface area (TPSA) is 335 Å². The Morgan fingerprint density at radius 2 is 1.30 bits per heavy atom. The van der Waals surface area contributed by atoms with Crippen molar-refractivity contribution in [1.82, 2.24) is 26.3 Å². The number of hydrogen-bond acceptors (Lipinski definition) is 9. The summed E-state index contributed by atoms with van der Waals surface area (Å²) < 4.78 is 0. The number of aromatic nitrogens is 1. The fourth-order valence-corrected chi connectivity index (χ4v) is 4.97. The SMILES string of the molecule is CC(C)C[C@H](N)C(=O)N[C@@H](CC(=O)O)C(=O)N[C@@H](CC(=O)O)C(=O)N[C@@H](Cc1c[nH]c2ccccc12)C(=O)N[C@@H](CCCN=C(N)N)C(=O)O. The molecule has 4 amide bonds. The van der Waals surface area contributed by atoms with E-state index in [1.54, 1.807) is 44.3 Å². The summed E-state index contributed by atoms with van der Waals surface area (Å²) in [7, 11) is 0. The number of aliphatic imine (C=N–C) groups is 1. The summed E-state index contributed by atoms with van der Waals surface area (Å²) in [4.78, 5) is 94.9. The fourth-order valence-electron chi connectivity index (χ4n) is 4.97. The van der Waals surface area contributed by atoms with Gasteiger partial charge in [0.15, 0.2) is 5.96 Å². The Kier molecular flexibility index (Phi) is 15.6. The van der Waals surface area contributed by atoms with Crippen LogP contribution in [0, 0.1) is 5.92 Å². The molecule has 19 nitrogen and oxygen atoms in total. The van der Waals surface area contributed by atoms with Gasteiger partial charge in [0.2, 0.25) is 23.6 Å². The normalized spacial score (nSPS) is 14.0. The molecule has 0 fully saturated rings. The van der Waals surface area contributed by atoms with Crippen LogP contribution < -0.4 is 38.5 Å². The van der Waals surface area contributed by atoms with Crippen molar-refractivity contribution < 1.29 is 48.9 Å². The first-order chi connectivity index (χ1) is 23.5. The Morgan fingerprint density at radius 3 is 1.84 bits per heavy atom. The summed E-state index contributed by atoms with van der Waals surface area (Å²) in [5.74, 6) is -8.71. The van der Waals surface area contributed by atoms with E-state index >= 15 is 0 Å². The number of nitrogens with one attached hydrogen (secondary N) is 5. The van der Waals surface area contributed by atoms with Gasteiger partial charge in [-0.25, -0.2) is 4.79 Å². The molecule has 1 aromatic carbocycles. The van der Waals surface area contributed by atoms with Crippen LogP contribution in [0.15, 0.2) is 35.5 Å². The zero-order chi connectivity index (χ0) is 37.5. The maximum absolute atomic E-state index is 13.6. The second kappa shape index (κ2) is 19.3. The highest BCUT2D eigenvalue weighted by Crippen LogP contribution is 2.19. The molecule has 19 heteroatoms. The van der Waals surface area contributed by atoms with Crippen LogP contribution in [0.3, 0.4) is 0 Å². The van der Waals surface area contributed by atoms with Crippen molar-refractivity contribution in [3.63, 3.8) is 0 Å². The Morgan fingerprint density at radius 1 is 0.780 bits per heavy atom. The summed E-state index contributed by atoms with van der Waals surface area (Å²) in [5, 5.41) is 38.5. The van der Waals surface area contributed by atoms with Gasteiger partial charge in [0.1, 0.15) is 24.2 Å². The van der Waals surface area contributed by atoms with E-state index < -0.39 is 84.6 Å². The van der Waals surface area contributed by atoms with Crippen LogP contribution in [-0.2, 0) is 40.0 Å². The van der Waals surface area contributed by atoms with E-state index in [1.807, 2.05) is 0 Å². The first-order valence-corrected chi connectivity index (χ1v) is 15.7. The number of para-hydroxylation sites is 1. The number of benzene rings is 1. The maximum atomic E-state index is 13.6. The molecule has 2 aromatic rings. The molecule has 50 heavy (non-hydrogen) atoms. The summed E-state index contributed by atoms with van der Waals surface area (Å²) in [6.45, 7) is 3.68. The summed E-state index contributed by atoms with van der Waals surface area (Å²) in [5.41, 5.74) is 17.7. The number of nitrogens with two attached hydrogens (primary N) is 3. The number of carbonyl (C=O) groups excluding carboxylic acids is 4. The number of rotatable bonds is 21. The van der Waals surface area contributed by atoms with Crippen LogP contribution in [0.5, 0.6) is 0 Å². The molecule has 0 aliphatic rings. The third-order valence-corrected chi connectivity index (χ3v) is 7.38. The number of carboxylic acids is 3. The fraction of sp³-hybridized carbons (Fsp3) is 0.484. The number of carboxylic acid groups (broad SMARTS) is 3. The summed E-state index contributed by atoms with van der Waals surface area (Å²) >= 11 is 0. The molecular formula is C31H45N9O10. The van der Waals surface area contributed by atoms with Gasteiger partial charge in [0.25, 0.3) is 0 Å². The lowest BCUT2D eigenvalue weighted by molar-refractivity contribution is -0.144. The van der Waals surface area contributed by atoms with Gasteiger partial charge in [-0.1, -0.05) is 32.0 Å². The zero-order valence-electron chi connectivity index (χ0n) is 27.7. The average Bonchev–Trinajstić information content (AvgIpc) is 3.42. The third-order valence-electron chi connectivity index (χ3n) is 7.38. The van der Waals surface area contributed by atoms with Gasteiger partial charge in [0, 0.05) is 30.1 Å². The van der Waals surface area contributed by atoms with Crippen molar-refractivity contribution in [2.45, 2.75) is 82.6 Å². The highest BCUT2D eigenvalue weighted by atomic mass is 16.4. The molecule has 14 N–H and O–H groups in total. The van der Waals surface area contributed by atoms with Gasteiger partial charge in [-0.15, -0.1) is 0 Å². The Hall–Kier alpha value is -5.72. The van der Waals surface area contributed by atoms with Gasteiger partial charge in [-0.05, 0) is 36.8 Å². The lowest BCUT2D eigenvalue weighted by Gasteiger charge is -2.25. The largest absolute Gasteiger partial charge is 0.481 e. The number of hydrogen-bond donors (Lipinski definition) is 11. The van der Waals surface area contributed by atoms with Crippen LogP contribution in [0.2, 0.25) is 0 Å². The van der Waals surface area contributed by atoms with Crippen molar-refractivity contribution in [3.8, 4) is 0 Å². The molecule has 5 atom stereocenters. The number of carbonyl (C=O) groups is 7. The standard InChI is InChI=1S/C31H45N9O10/c1-15(2)10-18(32)26(45)38-22(12-24(41)42)28(47)40-23(13-25(43)44)29(48)39-21(11-16-14-36-19-7-4-3-6-17(16)19)27(46)37-20(30(49)50)8-5-9-35-31(33)34/h3-4,6-7,14-15,18,20-23,36H,5,8-13,32H2,1-2H3,(H,37,46)(H,38,45)(H,39,48)(H,40,47)(H,41,42)(H,43,44)(H,49,50)(H4,33,34,35)/t18-,20-,21-,22-,23-/m0/s1. The number of fused-ring (bicyclic) bond motifs is 1. The van der Waals surface area contributed by atoms with Crippen LogP contribution >= 0.6 is 0 Å². The Balaban J connectivity index is 2.36. The molecule has 1 heterocycles. The quantitative estimate of drug-likeness (QED) is 0.0385. The first kappa shape index (κ1) is 40.5. The minimum atomic E-state index is -1.86. The van der Waals surface area contributed by atoms with Gasteiger partial charge < -0.3 is 58.8 Å². The highest BCUT2D eigenvalue weighted by Gasteiger charge is 2.34. The van der Waals surface area contributed by atoms with E-state index in [1.165, 1.54) is 0 Å². The molecule has 0 aliphatic heterocycles. The predicted molar refractivity (Wildman–Crippen MR) is 179 cm³/mol. The first-order valence-electron chi connectivity index (χ1n) is 15.7. The summed E-state index contributed by atoms with van der Waals surface area (Å²) in [6, 6.07) is -0.552. The lowest BCUT2D eigenvalue weighted by atomic mass is 10.0. The number of aromatic amines is 1. The molecular weight excluding hydrogens is 658 g/mol. The van der Waals surface area contributed by atoms with E-state index in [4.69, 9.17) is 17.2 Å².